The lowest BCUT2D eigenvalue weighted by atomic mass is 10.1. The maximum absolute atomic E-state index is 12.4. The van der Waals surface area contributed by atoms with Crippen molar-refractivity contribution in [2.45, 2.75) is 19.9 Å². The summed E-state index contributed by atoms with van der Waals surface area (Å²) in [5.74, 6) is -0.175. The van der Waals surface area contributed by atoms with Gasteiger partial charge in [-0.25, -0.2) is 0 Å². The Morgan fingerprint density at radius 3 is 2.64 bits per heavy atom. The summed E-state index contributed by atoms with van der Waals surface area (Å²) in [5.41, 5.74) is 2.06. The van der Waals surface area contributed by atoms with Crippen molar-refractivity contribution in [3.05, 3.63) is 69.5 Å². The molecule has 2 aromatic rings. The maximum Gasteiger partial charge on any atom is 0.269 e. The van der Waals surface area contributed by atoms with Crippen LogP contribution in [-0.4, -0.2) is 27.8 Å². The van der Waals surface area contributed by atoms with Crippen molar-refractivity contribution in [2.24, 2.45) is 0 Å². The van der Waals surface area contributed by atoms with E-state index in [2.05, 4.69) is 4.98 Å². The third-order valence-corrected chi connectivity index (χ3v) is 3.62. The van der Waals surface area contributed by atoms with Gasteiger partial charge in [-0.2, -0.15) is 0 Å². The van der Waals surface area contributed by atoms with Crippen LogP contribution in [0.1, 0.15) is 34.6 Å². The van der Waals surface area contributed by atoms with E-state index in [0.29, 0.717) is 11.1 Å². The van der Waals surface area contributed by atoms with Gasteiger partial charge < -0.3 is 4.90 Å². The second-order valence-corrected chi connectivity index (χ2v) is 5.13. The SMILES string of the molecule is Cc1ccc(C(=O)N(C)C(C)c2cccc([N+](=O)[O-])c2)cn1. The third kappa shape index (κ3) is 3.28. The van der Waals surface area contributed by atoms with Crippen molar-refractivity contribution in [2.75, 3.05) is 7.05 Å². The monoisotopic (exact) mass is 299 g/mol. The molecule has 0 fully saturated rings. The molecule has 22 heavy (non-hydrogen) atoms. The molecule has 1 unspecified atom stereocenters. The van der Waals surface area contributed by atoms with Crippen LogP contribution in [0.25, 0.3) is 0 Å². The van der Waals surface area contributed by atoms with E-state index in [-0.39, 0.29) is 17.6 Å². The van der Waals surface area contributed by atoms with E-state index in [1.165, 1.54) is 18.3 Å². The molecule has 6 nitrogen and oxygen atoms in total. The highest BCUT2D eigenvalue weighted by molar-refractivity contribution is 5.94. The number of carbonyl (C=O) groups excluding carboxylic acids is 1. The molecule has 0 saturated carbocycles. The van der Waals surface area contributed by atoms with E-state index in [0.717, 1.165) is 5.69 Å². The Labute approximate surface area is 128 Å². The Hall–Kier alpha value is -2.76. The highest BCUT2D eigenvalue weighted by Crippen LogP contribution is 2.24. The topological polar surface area (TPSA) is 76.3 Å². The van der Waals surface area contributed by atoms with E-state index in [1.54, 1.807) is 36.2 Å². The quantitative estimate of drug-likeness (QED) is 0.642. The molecule has 0 aliphatic rings. The van der Waals surface area contributed by atoms with Crippen LogP contribution in [0.2, 0.25) is 0 Å². The Morgan fingerprint density at radius 2 is 2.05 bits per heavy atom. The van der Waals surface area contributed by atoms with Crippen LogP contribution in [0.3, 0.4) is 0 Å². The van der Waals surface area contributed by atoms with Gasteiger partial charge >= 0.3 is 0 Å². The van der Waals surface area contributed by atoms with E-state index in [9.17, 15) is 14.9 Å². The fourth-order valence-electron chi connectivity index (χ4n) is 2.10. The zero-order valence-electron chi connectivity index (χ0n) is 12.7. The number of amides is 1. The second kappa shape index (κ2) is 6.34. The number of pyridine rings is 1. The van der Waals surface area contributed by atoms with E-state index in [4.69, 9.17) is 0 Å². The molecule has 0 aliphatic carbocycles. The first-order valence-electron chi connectivity index (χ1n) is 6.84. The molecule has 0 N–H and O–H groups in total. The molecule has 1 aromatic carbocycles. The fourth-order valence-corrected chi connectivity index (χ4v) is 2.10. The minimum Gasteiger partial charge on any atom is -0.335 e. The van der Waals surface area contributed by atoms with Gasteiger partial charge in [-0.15, -0.1) is 0 Å². The van der Waals surface area contributed by atoms with Gasteiger partial charge in [0.15, 0.2) is 0 Å². The Bertz CT molecular complexity index is 698. The molecule has 0 radical (unpaired) electrons. The minimum atomic E-state index is -0.443. The lowest BCUT2D eigenvalue weighted by Crippen LogP contribution is -2.29. The number of nitro benzene ring substituents is 1. The molecule has 2 rings (SSSR count). The lowest BCUT2D eigenvalue weighted by Gasteiger charge is -2.25. The van der Waals surface area contributed by atoms with Crippen molar-refractivity contribution in [1.29, 1.82) is 0 Å². The summed E-state index contributed by atoms with van der Waals surface area (Å²) in [5, 5.41) is 10.8. The number of aromatic nitrogens is 1. The normalized spacial score (nSPS) is 11.8. The Kier molecular flexibility index (Phi) is 4.50. The largest absolute Gasteiger partial charge is 0.335 e. The molecule has 114 valence electrons. The van der Waals surface area contributed by atoms with Gasteiger partial charge in [-0.3, -0.25) is 19.9 Å². The summed E-state index contributed by atoms with van der Waals surface area (Å²) in [6.07, 6.45) is 1.54. The van der Waals surface area contributed by atoms with Gasteiger partial charge in [0, 0.05) is 31.1 Å². The van der Waals surface area contributed by atoms with Gasteiger partial charge in [-0.1, -0.05) is 12.1 Å². The van der Waals surface area contributed by atoms with Crippen LogP contribution in [0.5, 0.6) is 0 Å². The van der Waals surface area contributed by atoms with E-state index >= 15 is 0 Å². The zero-order chi connectivity index (χ0) is 16.3. The number of carbonyl (C=O) groups is 1. The van der Waals surface area contributed by atoms with Gasteiger partial charge in [-0.05, 0) is 31.5 Å². The van der Waals surface area contributed by atoms with Crippen molar-refractivity contribution in [1.82, 2.24) is 9.88 Å². The molecule has 0 spiro atoms. The number of benzene rings is 1. The molecule has 1 heterocycles. The summed E-state index contributed by atoms with van der Waals surface area (Å²) >= 11 is 0. The summed E-state index contributed by atoms with van der Waals surface area (Å²) in [7, 11) is 1.67. The number of nitro groups is 1. The Morgan fingerprint density at radius 1 is 1.32 bits per heavy atom. The van der Waals surface area contributed by atoms with Crippen LogP contribution in [0, 0.1) is 17.0 Å². The molecule has 1 aromatic heterocycles. The molecule has 6 heteroatoms. The van der Waals surface area contributed by atoms with Crippen LogP contribution in [-0.2, 0) is 0 Å². The molecule has 1 amide bonds. The van der Waals surface area contributed by atoms with E-state index in [1.807, 2.05) is 13.8 Å². The first kappa shape index (κ1) is 15.6. The minimum absolute atomic E-state index is 0.0159. The average Bonchev–Trinajstić information content (AvgIpc) is 2.53. The molecule has 0 saturated heterocycles. The van der Waals surface area contributed by atoms with Gasteiger partial charge in [0.2, 0.25) is 0 Å². The van der Waals surface area contributed by atoms with Crippen LogP contribution in [0.15, 0.2) is 42.6 Å². The summed E-state index contributed by atoms with van der Waals surface area (Å²) in [6.45, 7) is 3.68. The van der Waals surface area contributed by atoms with Crippen molar-refractivity contribution in [3.8, 4) is 0 Å². The fraction of sp³-hybridized carbons (Fsp3) is 0.250. The molecular weight excluding hydrogens is 282 g/mol. The van der Waals surface area contributed by atoms with Crippen LogP contribution in [0.4, 0.5) is 5.69 Å². The van der Waals surface area contributed by atoms with Crippen LogP contribution < -0.4 is 0 Å². The summed E-state index contributed by atoms with van der Waals surface area (Å²) in [6, 6.07) is 9.53. The standard InChI is InChI=1S/C16H17N3O3/c1-11-7-8-14(10-17-11)16(20)18(3)12(2)13-5-4-6-15(9-13)19(21)22/h4-10,12H,1-3H3. The van der Waals surface area contributed by atoms with Crippen molar-refractivity contribution < 1.29 is 9.72 Å². The second-order valence-electron chi connectivity index (χ2n) is 5.13. The smallest absolute Gasteiger partial charge is 0.269 e. The number of non-ortho nitro benzene ring substituents is 1. The highest BCUT2D eigenvalue weighted by atomic mass is 16.6. The number of hydrogen-bond acceptors (Lipinski definition) is 4. The molecule has 1 atom stereocenters. The maximum atomic E-state index is 12.4. The van der Waals surface area contributed by atoms with E-state index < -0.39 is 4.92 Å². The Balaban J connectivity index is 2.22. The number of rotatable bonds is 4. The van der Waals surface area contributed by atoms with Crippen molar-refractivity contribution >= 4 is 11.6 Å². The van der Waals surface area contributed by atoms with Gasteiger partial charge in [0.05, 0.1) is 16.5 Å². The third-order valence-electron chi connectivity index (χ3n) is 3.62. The number of aryl methyl sites for hydroxylation is 1. The highest BCUT2D eigenvalue weighted by Gasteiger charge is 2.20. The van der Waals surface area contributed by atoms with Crippen molar-refractivity contribution in [3.63, 3.8) is 0 Å². The summed E-state index contributed by atoms with van der Waals surface area (Å²) in [4.78, 5) is 28.5. The molecule has 0 bridgehead atoms. The van der Waals surface area contributed by atoms with Gasteiger partial charge in [0.1, 0.15) is 0 Å². The number of nitrogens with zero attached hydrogens (tertiary/aromatic N) is 3. The molecule has 0 aliphatic heterocycles. The first-order chi connectivity index (χ1) is 10.4. The summed E-state index contributed by atoms with van der Waals surface area (Å²) < 4.78 is 0. The average molecular weight is 299 g/mol. The molecular formula is C16H17N3O3. The first-order valence-corrected chi connectivity index (χ1v) is 6.84. The number of hydrogen-bond donors (Lipinski definition) is 0. The predicted molar refractivity (Wildman–Crippen MR) is 82.6 cm³/mol. The predicted octanol–water partition coefficient (Wildman–Crippen LogP) is 3.13. The van der Waals surface area contributed by atoms with Gasteiger partial charge in [0.25, 0.3) is 11.6 Å². The van der Waals surface area contributed by atoms with Crippen LogP contribution >= 0.6 is 0 Å². The zero-order valence-corrected chi connectivity index (χ0v) is 12.7. The lowest BCUT2D eigenvalue weighted by molar-refractivity contribution is -0.384.